The lowest BCUT2D eigenvalue weighted by atomic mass is 9.83. The summed E-state index contributed by atoms with van der Waals surface area (Å²) in [5.41, 5.74) is 1.17. The third kappa shape index (κ3) is 7.45. The summed E-state index contributed by atoms with van der Waals surface area (Å²) in [7, 11) is 3.29. The Morgan fingerprint density at radius 1 is 1.21 bits per heavy atom. The van der Waals surface area contributed by atoms with Crippen molar-refractivity contribution >= 4 is 50.9 Å². The molecular weight excluding hydrogens is 508 g/mol. The topological polar surface area (TPSA) is 100 Å². The third-order valence-electron chi connectivity index (χ3n) is 5.90. The van der Waals surface area contributed by atoms with Crippen LogP contribution in [-0.4, -0.2) is 55.0 Å². The van der Waals surface area contributed by atoms with Crippen LogP contribution >= 0.6 is 27.5 Å². The van der Waals surface area contributed by atoms with Crippen molar-refractivity contribution in [2.45, 2.75) is 25.7 Å². The Bertz CT molecular complexity index is 924. The number of methoxy groups -OCH3 is 1. The molecule has 1 fully saturated rings. The van der Waals surface area contributed by atoms with Gasteiger partial charge in [-0.15, -0.1) is 0 Å². The number of alkyl halides is 1. The molecule has 1 heterocycles. The van der Waals surface area contributed by atoms with Crippen molar-refractivity contribution in [2.75, 3.05) is 49.8 Å². The quantitative estimate of drug-likeness (QED) is 0.247. The lowest BCUT2D eigenvalue weighted by Crippen LogP contribution is -2.34. The molecule has 180 valence electrons. The summed E-state index contributed by atoms with van der Waals surface area (Å²) >= 11 is 9.63. The summed E-state index contributed by atoms with van der Waals surface area (Å²) < 4.78 is 5.46. The van der Waals surface area contributed by atoms with Crippen LogP contribution in [0.1, 0.15) is 36.0 Å². The van der Waals surface area contributed by atoms with Gasteiger partial charge >= 0.3 is 0 Å². The third-order valence-corrected chi connectivity index (χ3v) is 7.09. The number of nitrogens with zero attached hydrogens (tertiary/aromatic N) is 2. The van der Waals surface area contributed by atoms with Crippen LogP contribution in [0.3, 0.4) is 0 Å². The van der Waals surface area contributed by atoms with E-state index in [1.54, 1.807) is 32.4 Å². The van der Waals surface area contributed by atoms with E-state index >= 15 is 0 Å². The number of amides is 1. The van der Waals surface area contributed by atoms with E-state index in [9.17, 15) is 4.79 Å². The molecule has 1 aromatic heterocycles. The van der Waals surface area contributed by atoms with Gasteiger partial charge in [-0.2, -0.15) is 4.98 Å². The summed E-state index contributed by atoms with van der Waals surface area (Å²) in [6.45, 7) is 2.34. The van der Waals surface area contributed by atoms with Gasteiger partial charge < -0.3 is 26.0 Å². The zero-order valence-corrected chi connectivity index (χ0v) is 21.4. The average molecular weight is 540 g/mol. The molecule has 0 unspecified atom stereocenters. The highest BCUT2D eigenvalue weighted by Gasteiger charge is 2.20. The smallest absolute Gasteiger partial charge is 0.251 e. The molecule has 1 saturated carbocycles. The minimum atomic E-state index is -0.139. The molecule has 1 amide bonds. The summed E-state index contributed by atoms with van der Waals surface area (Å²) in [6.07, 6.45) is 6.70. The predicted octanol–water partition coefficient (Wildman–Crippen LogP) is 4.44. The Kier molecular flexibility index (Phi) is 10.0. The first kappa shape index (κ1) is 25.5. The Hall–Kier alpha value is -2.10. The zero-order valence-electron chi connectivity index (χ0n) is 19.1. The van der Waals surface area contributed by atoms with Gasteiger partial charge in [0, 0.05) is 31.0 Å². The molecule has 2 aromatic rings. The van der Waals surface area contributed by atoms with Crippen LogP contribution in [0.25, 0.3) is 0 Å². The fraction of sp³-hybridized carbons (Fsp3) is 0.522. The Morgan fingerprint density at radius 2 is 1.97 bits per heavy atom. The van der Waals surface area contributed by atoms with E-state index in [0.717, 1.165) is 30.3 Å². The van der Waals surface area contributed by atoms with Crippen molar-refractivity contribution in [3.8, 4) is 5.75 Å². The molecular formula is C23H32BrClN6O2. The molecule has 0 radical (unpaired) electrons. The first-order valence-electron chi connectivity index (χ1n) is 11.2. The van der Waals surface area contributed by atoms with Crippen LogP contribution in [-0.2, 0) is 0 Å². The Morgan fingerprint density at radius 3 is 2.67 bits per heavy atom. The first-order chi connectivity index (χ1) is 16.0. The van der Waals surface area contributed by atoms with Crippen molar-refractivity contribution in [2.24, 2.45) is 11.8 Å². The van der Waals surface area contributed by atoms with Crippen LogP contribution < -0.4 is 26.0 Å². The number of aromatic nitrogens is 2. The van der Waals surface area contributed by atoms with Crippen molar-refractivity contribution in [1.82, 2.24) is 20.6 Å². The number of carbonyl (C=O) groups is 1. The molecule has 4 N–H and O–H groups in total. The number of halogens is 2. The van der Waals surface area contributed by atoms with Gasteiger partial charge in [0.15, 0.2) is 0 Å². The fourth-order valence-corrected chi connectivity index (χ4v) is 4.75. The van der Waals surface area contributed by atoms with E-state index in [-0.39, 0.29) is 5.91 Å². The van der Waals surface area contributed by atoms with Crippen LogP contribution in [0.2, 0.25) is 5.02 Å². The molecule has 8 nitrogen and oxygen atoms in total. The van der Waals surface area contributed by atoms with Gasteiger partial charge in [0.1, 0.15) is 16.6 Å². The van der Waals surface area contributed by atoms with Crippen LogP contribution in [0.5, 0.6) is 5.75 Å². The maximum Gasteiger partial charge on any atom is 0.251 e. The Balaban J connectivity index is 1.47. The minimum Gasteiger partial charge on any atom is -0.495 e. The van der Waals surface area contributed by atoms with Crippen molar-refractivity contribution < 1.29 is 9.53 Å². The molecule has 1 aromatic carbocycles. The lowest BCUT2D eigenvalue weighted by Gasteiger charge is -2.27. The highest BCUT2D eigenvalue weighted by molar-refractivity contribution is 9.09. The monoisotopic (exact) mass is 538 g/mol. The normalized spacial score (nSPS) is 17.9. The second-order valence-electron chi connectivity index (χ2n) is 8.18. The van der Waals surface area contributed by atoms with Gasteiger partial charge in [-0.3, -0.25) is 4.79 Å². The molecule has 10 heteroatoms. The maximum atomic E-state index is 12.6. The highest BCUT2D eigenvalue weighted by atomic mass is 79.9. The fourth-order valence-electron chi connectivity index (χ4n) is 3.92. The highest BCUT2D eigenvalue weighted by Crippen LogP contribution is 2.30. The van der Waals surface area contributed by atoms with Gasteiger partial charge in [-0.05, 0) is 62.3 Å². The largest absolute Gasteiger partial charge is 0.495 e. The van der Waals surface area contributed by atoms with Crippen molar-refractivity contribution in [3.63, 3.8) is 0 Å². The van der Waals surface area contributed by atoms with Crippen LogP contribution in [0.15, 0.2) is 24.4 Å². The van der Waals surface area contributed by atoms with E-state index in [2.05, 4.69) is 47.2 Å². The van der Waals surface area contributed by atoms with Crippen molar-refractivity contribution in [3.05, 3.63) is 35.0 Å². The van der Waals surface area contributed by atoms with Crippen LogP contribution in [0, 0.1) is 11.8 Å². The Labute approximate surface area is 208 Å². The second kappa shape index (κ2) is 13.0. The van der Waals surface area contributed by atoms with Gasteiger partial charge in [0.2, 0.25) is 5.95 Å². The number of nitrogens with one attached hydrogen (secondary N) is 4. The number of ether oxygens (including phenoxy) is 1. The van der Waals surface area contributed by atoms with E-state index in [1.165, 1.54) is 31.9 Å². The summed E-state index contributed by atoms with van der Waals surface area (Å²) in [4.78, 5) is 21.1. The number of hydrogen-bond acceptors (Lipinski definition) is 7. The zero-order chi connectivity index (χ0) is 23.6. The molecule has 0 aliphatic heterocycles. The molecule has 33 heavy (non-hydrogen) atoms. The number of hydrogen-bond donors (Lipinski definition) is 4. The molecule has 1 aliphatic rings. The SMILES string of the molecule is CNc1nc(Nc2ccc(C(=O)NCCNCC3CCC(CBr)CC3)cc2OC)ncc1Cl. The standard InChI is InChI=1S/C23H32BrClN6O2/c1-26-21-18(25)14-29-23(31-21)30-19-8-7-17(11-20(19)33-2)22(32)28-10-9-27-13-16-5-3-15(12-24)4-6-16/h7-8,11,14-16,27H,3-6,9-10,12-13H2,1-2H3,(H,28,32)(H2,26,29,30,31). The molecule has 1 aliphatic carbocycles. The van der Waals surface area contributed by atoms with Gasteiger partial charge in [-0.1, -0.05) is 27.5 Å². The molecule has 0 saturated heterocycles. The van der Waals surface area contributed by atoms with E-state index in [0.29, 0.717) is 40.3 Å². The van der Waals surface area contributed by atoms with E-state index in [1.807, 2.05) is 0 Å². The lowest BCUT2D eigenvalue weighted by molar-refractivity contribution is 0.0953. The molecule has 0 atom stereocenters. The van der Waals surface area contributed by atoms with Crippen molar-refractivity contribution in [1.29, 1.82) is 0 Å². The average Bonchev–Trinajstić information content (AvgIpc) is 2.85. The number of rotatable bonds is 11. The summed E-state index contributed by atoms with van der Waals surface area (Å²) in [5, 5.41) is 14.0. The predicted molar refractivity (Wildman–Crippen MR) is 137 cm³/mol. The van der Waals surface area contributed by atoms with E-state index < -0.39 is 0 Å². The second-order valence-corrected chi connectivity index (χ2v) is 9.24. The molecule has 0 bridgehead atoms. The van der Waals surface area contributed by atoms with Gasteiger partial charge in [0.25, 0.3) is 5.91 Å². The summed E-state index contributed by atoms with van der Waals surface area (Å²) in [6, 6.07) is 5.21. The number of anilines is 3. The molecule has 0 spiro atoms. The number of benzene rings is 1. The van der Waals surface area contributed by atoms with E-state index in [4.69, 9.17) is 16.3 Å². The first-order valence-corrected chi connectivity index (χ1v) is 12.7. The number of carbonyl (C=O) groups excluding carboxylic acids is 1. The van der Waals surface area contributed by atoms with Crippen LogP contribution in [0.4, 0.5) is 17.5 Å². The summed E-state index contributed by atoms with van der Waals surface area (Å²) in [5.74, 6) is 2.84. The van der Waals surface area contributed by atoms with Gasteiger partial charge in [-0.25, -0.2) is 4.98 Å². The van der Waals surface area contributed by atoms with Gasteiger partial charge in [0.05, 0.1) is 19.0 Å². The molecule has 3 rings (SSSR count). The minimum absolute atomic E-state index is 0.139. The maximum absolute atomic E-state index is 12.6.